The molecule has 6 heteroatoms. The van der Waals surface area contributed by atoms with E-state index >= 15 is 0 Å². The predicted molar refractivity (Wildman–Crippen MR) is 106 cm³/mol. The summed E-state index contributed by atoms with van der Waals surface area (Å²) in [5, 5.41) is 0. The number of methoxy groups -OCH3 is 1. The number of sulfonamides is 1. The van der Waals surface area contributed by atoms with Gasteiger partial charge < -0.3 is 4.74 Å². The van der Waals surface area contributed by atoms with Crippen molar-refractivity contribution in [2.45, 2.75) is 65.8 Å². The van der Waals surface area contributed by atoms with Crippen LogP contribution in [0.25, 0.3) is 0 Å². The molecule has 152 valence electrons. The topological polar surface area (TPSA) is 63.7 Å². The summed E-state index contributed by atoms with van der Waals surface area (Å²) in [6, 6.07) is 0.102. The van der Waals surface area contributed by atoms with Crippen LogP contribution in [0.15, 0.2) is 23.1 Å². The lowest BCUT2D eigenvalue weighted by atomic mass is 9.65. The predicted octanol–water partition coefficient (Wildman–Crippen LogP) is 3.88. The highest BCUT2D eigenvalue weighted by atomic mass is 32.2. The van der Waals surface area contributed by atoms with E-state index in [2.05, 4.69) is 20.8 Å². The van der Waals surface area contributed by atoms with Crippen LogP contribution >= 0.6 is 0 Å². The zero-order valence-electron chi connectivity index (χ0n) is 17.2. The molecule has 0 aromatic rings. The Kier molecular flexibility index (Phi) is 5.36. The van der Waals surface area contributed by atoms with Crippen molar-refractivity contribution in [2.24, 2.45) is 22.7 Å². The smallest absolute Gasteiger partial charge is 0.305 e. The number of nitrogens with zero attached hydrogens (tertiary/aromatic N) is 1. The minimum Gasteiger partial charge on any atom is -0.469 e. The van der Waals surface area contributed by atoms with Crippen LogP contribution < -0.4 is 0 Å². The van der Waals surface area contributed by atoms with Crippen LogP contribution in [0, 0.1) is 22.7 Å². The lowest BCUT2D eigenvalue weighted by molar-refractivity contribution is -0.140. The van der Waals surface area contributed by atoms with E-state index in [1.54, 1.807) is 10.4 Å². The molecule has 3 aliphatic rings. The van der Waals surface area contributed by atoms with Gasteiger partial charge in [-0.15, -0.1) is 0 Å². The van der Waals surface area contributed by atoms with Crippen molar-refractivity contribution >= 4 is 16.0 Å². The third-order valence-corrected chi connectivity index (χ3v) is 8.41. The van der Waals surface area contributed by atoms with Crippen molar-refractivity contribution in [1.29, 1.82) is 0 Å². The molecular formula is C21H33NO4S. The first kappa shape index (κ1) is 20.6. The van der Waals surface area contributed by atoms with Crippen molar-refractivity contribution in [3.8, 4) is 0 Å². The van der Waals surface area contributed by atoms with Crippen LogP contribution in [0.2, 0.25) is 0 Å². The molecule has 0 spiro atoms. The van der Waals surface area contributed by atoms with Gasteiger partial charge in [0.15, 0.2) is 0 Å². The van der Waals surface area contributed by atoms with E-state index in [-0.39, 0.29) is 34.7 Å². The lowest BCUT2D eigenvalue weighted by Crippen LogP contribution is -2.38. The Morgan fingerprint density at radius 1 is 1.30 bits per heavy atom. The first-order chi connectivity index (χ1) is 12.5. The zero-order chi connectivity index (χ0) is 20.0. The van der Waals surface area contributed by atoms with Gasteiger partial charge in [0.1, 0.15) is 0 Å². The van der Waals surface area contributed by atoms with Crippen LogP contribution in [0.1, 0.15) is 59.8 Å². The van der Waals surface area contributed by atoms with Crippen LogP contribution in [0.3, 0.4) is 0 Å². The Bertz CT molecular complexity index is 767. The number of carbonyl (C=O) groups is 1. The molecule has 0 N–H and O–H groups in total. The van der Waals surface area contributed by atoms with E-state index < -0.39 is 10.0 Å². The fraction of sp³-hybridized carbons (Fsp3) is 0.762. The first-order valence-corrected chi connectivity index (χ1v) is 11.4. The van der Waals surface area contributed by atoms with Gasteiger partial charge in [0, 0.05) is 19.0 Å². The highest BCUT2D eigenvalue weighted by Crippen LogP contribution is 2.53. The zero-order valence-corrected chi connectivity index (χ0v) is 18.0. The SMILES string of the molecule is COC(=O)CCC1C=CC(S(=O)(=O)N2CC3(C)CC2CC(C)(C)C3)=CC1C. The number of carbonyl (C=O) groups excluding carboxylic acids is 1. The molecule has 5 nitrogen and oxygen atoms in total. The molecule has 2 fully saturated rings. The van der Waals surface area contributed by atoms with Gasteiger partial charge in [0.25, 0.3) is 0 Å². The lowest BCUT2D eigenvalue weighted by Gasteiger charge is -2.39. The standard InChI is InChI=1S/C21H33NO4S/c1-15-10-18(8-6-16(15)7-9-19(23)26-5)27(24,25)22-14-21(4)12-17(22)11-20(2,3)13-21/h6,8,10,15-17H,7,9,11-14H2,1-5H3. The first-order valence-electron chi connectivity index (χ1n) is 9.95. The Morgan fingerprint density at radius 2 is 2.00 bits per heavy atom. The summed E-state index contributed by atoms with van der Waals surface area (Å²) in [5.74, 6) is 0.0222. The Balaban J connectivity index is 1.75. The maximum Gasteiger partial charge on any atom is 0.305 e. The van der Waals surface area contributed by atoms with Crippen molar-refractivity contribution in [1.82, 2.24) is 4.31 Å². The largest absolute Gasteiger partial charge is 0.469 e. The van der Waals surface area contributed by atoms with Gasteiger partial charge in [-0.25, -0.2) is 8.42 Å². The second kappa shape index (κ2) is 7.03. The maximum absolute atomic E-state index is 13.4. The van der Waals surface area contributed by atoms with E-state index in [1.165, 1.54) is 7.11 Å². The molecule has 27 heavy (non-hydrogen) atoms. The molecule has 1 heterocycles. The summed E-state index contributed by atoms with van der Waals surface area (Å²) in [4.78, 5) is 11.8. The number of hydrogen-bond donors (Lipinski definition) is 0. The third-order valence-electron chi connectivity index (χ3n) is 6.49. The van der Waals surface area contributed by atoms with Gasteiger partial charge in [-0.05, 0) is 54.4 Å². The summed E-state index contributed by atoms with van der Waals surface area (Å²) >= 11 is 0. The minimum atomic E-state index is -3.48. The van der Waals surface area contributed by atoms with Gasteiger partial charge >= 0.3 is 5.97 Å². The molecule has 0 aromatic heterocycles. The van der Waals surface area contributed by atoms with Crippen LogP contribution in [0.5, 0.6) is 0 Å². The van der Waals surface area contributed by atoms with Crippen molar-refractivity contribution in [2.75, 3.05) is 13.7 Å². The molecule has 2 aliphatic carbocycles. The number of esters is 1. The molecule has 2 bridgehead atoms. The normalized spacial score (nSPS) is 35.7. The molecule has 0 radical (unpaired) electrons. The molecule has 1 saturated carbocycles. The third kappa shape index (κ3) is 4.16. The monoisotopic (exact) mass is 395 g/mol. The van der Waals surface area contributed by atoms with Crippen LogP contribution in [-0.2, 0) is 19.6 Å². The molecular weight excluding hydrogens is 362 g/mol. The minimum absolute atomic E-state index is 0.0765. The fourth-order valence-electron chi connectivity index (χ4n) is 5.57. The van der Waals surface area contributed by atoms with Crippen LogP contribution in [-0.4, -0.2) is 38.4 Å². The van der Waals surface area contributed by atoms with Crippen molar-refractivity contribution < 1.29 is 17.9 Å². The molecule has 0 amide bonds. The van der Waals surface area contributed by atoms with Gasteiger partial charge in [-0.3, -0.25) is 4.79 Å². The maximum atomic E-state index is 13.4. The van der Waals surface area contributed by atoms with Gasteiger partial charge in [0.2, 0.25) is 10.0 Å². The molecule has 3 rings (SSSR count). The van der Waals surface area contributed by atoms with E-state index in [1.807, 2.05) is 19.1 Å². The van der Waals surface area contributed by atoms with E-state index in [4.69, 9.17) is 4.74 Å². The number of allylic oxidation sites excluding steroid dienone is 3. The number of ether oxygens (including phenoxy) is 1. The van der Waals surface area contributed by atoms with Crippen molar-refractivity contribution in [3.05, 3.63) is 23.1 Å². The number of fused-ring (bicyclic) bond motifs is 2. The van der Waals surface area contributed by atoms with Crippen LogP contribution in [0.4, 0.5) is 0 Å². The molecule has 4 atom stereocenters. The molecule has 1 aliphatic heterocycles. The molecule has 1 saturated heterocycles. The summed E-state index contributed by atoms with van der Waals surface area (Å²) in [7, 11) is -2.09. The van der Waals surface area contributed by atoms with E-state index in [9.17, 15) is 13.2 Å². The highest BCUT2D eigenvalue weighted by molar-refractivity contribution is 7.93. The average Bonchev–Trinajstić information content (AvgIpc) is 2.82. The van der Waals surface area contributed by atoms with Gasteiger partial charge in [-0.2, -0.15) is 4.31 Å². The summed E-state index contributed by atoms with van der Waals surface area (Å²) in [6.45, 7) is 9.37. The molecule has 4 unspecified atom stereocenters. The summed E-state index contributed by atoms with van der Waals surface area (Å²) < 4.78 is 33.2. The Labute approximate surface area is 163 Å². The fourth-order valence-corrected chi connectivity index (χ4v) is 7.51. The summed E-state index contributed by atoms with van der Waals surface area (Å²) in [5.41, 5.74) is 0.262. The average molecular weight is 396 g/mol. The van der Waals surface area contributed by atoms with Crippen molar-refractivity contribution in [3.63, 3.8) is 0 Å². The Morgan fingerprint density at radius 3 is 2.63 bits per heavy atom. The number of hydrogen-bond acceptors (Lipinski definition) is 4. The van der Waals surface area contributed by atoms with Gasteiger partial charge in [0.05, 0.1) is 12.0 Å². The van der Waals surface area contributed by atoms with E-state index in [0.717, 1.165) is 19.3 Å². The second-order valence-electron chi connectivity index (χ2n) is 9.83. The summed E-state index contributed by atoms with van der Waals surface area (Å²) in [6.07, 6.45) is 9.55. The Hall–Kier alpha value is -1.14. The molecule has 0 aromatic carbocycles. The highest BCUT2D eigenvalue weighted by Gasteiger charge is 2.53. The second-order valence-corrected chi connectivity index (χ2v) is 11.7. The number of rotatable bonds is 5. The quantitative estimate of drug-likeness (QED) is 0.663. The van der Waals surface area contributed by atoms with Gasteiger partial charge in [-0.1, -0.05) is 39.8 Å². The van der Waals surface area contributed by atoms with E-state index in [0.29, 0.717) is 24.3 Å².